The molecule has 2 aromatic carbocycles. The average molecular weight is 959 g/mol. The second-order valence-electron chi connectivity index (χ2n) is 17.6. The smallest absolute Gasteiger partial charge is 0.247 e. The number of β-amino-alcohol motifs (C(OH)–C–C–N with tert-alkyl or cyclic N) is 2. The first-order chi connectivity index (χ1) is 31.9. The third kappa shape index (κ3) is 11.9. The summed E-state index contributed by atoms with van der Waals surface area (Å²) in [4.78, 5) is 95.2. The van der Waals surface area contributed by atoms with E-state index in [9.17, 15) is 39.0 Å². The van der Waals surface area contributed by atoms with E-state index in [1.807, 2.05) is 67.6 Å². The lowest BCUT2D eigenvalue weighted by molar-refractivity contribution is -0.141. The fourth-order valence-corrected chi connectivity index (χ4v) is 10.0. The molecule has 0 unspecified atom stereocenters. The molecule has 2 aliphatic rings. The van der Waals surface area contributed by atoms with Crippen molar-refractivity contribution in [1.82, 2.24) is 41.0 Å². The van der Waals surface area contributed by atoms with Crippen LogP contribution in [0.3, 0.4) is 0 Å². The van der Waals surface area contributed by atoms with Crippen molar-refractivity contribution in [1.29, 1.82) is 0 Å². The van der Waals surface area contributed by atoms with Crippen LogP contribution in [0.25, 0.3) is 32.5 Å². The van der Waals surface area contributed by atoms with Crippen molar-refractivity contribution < 1.29 is 39.0 Å². The summed E-state index contributed by atoms with van der Waals surface area (Å²) in [5, 5.41) is 40.7. The maximum atomic E-state index is 14.3. The van der Waals surface area contributed by atoms with Crippen molar-refractivity contribution in [2.75, 3.05) is 37.3 Å². The monoisotopic (exact) mass is 958 g/mol. The average Bonchev–Trinajstić information content (AvgIpc) is 4.12. The van der Waals surface area contributed by atoms with Crippen LogP contribution in [0.1, 0.15) is 61.3 Å². The molecule has 2 aromatic heterocycles. The number of rotatable bonds is 18. The number of benzene rings is 2. The Morgan fingerprint density at radius 2 is 1.03 bits per heavy atom. The van der Waals surface area contributed by atoms with Gasteiger partial charge in [0.15, 0.2) is 10.0 Å². The fourth-order valence-electron chi connectivity index (χ4n) is 8.05. The van der Waals surface area contributed by atoms with Gasteiger partial charge in [-0.25, -0.2) is 9.97 Å². The largest absolute Gasteiger partial charge is 0.391 e. The van der Waals surface area contributed by atoms with E-state index >= 15 is 0 Å². The van der Waals surface area contributed by atoms with Crippen LogP contribution in [0, 0.1) is 11.8 Å². The van der Waals surface area contributed by atoms with Gasteiger partial charge >= 0.3 is 0 Å². The topological polar surface area (TPSA) is 247 Å². The Morgan fingerprint density at radius 1 is 0.642 bits per heavy atom. The quantitative estimate of drug-likeness (QED) is 0.0717. The minimum absolute atomic E-state index is 0.0181. The SMILES string of the molecule is CCN[C@@H](C)C(=O)N[C@H](C(=O)N1C[C@@H](O)C[C@H]1C(=O)Nc1sc(-c2nc(-c3ccccc3)c(NC(=O)[C@@H]3C[C@H](O)CN3C(=O)[C@@H](NC(=O)[C@H](C)NC)C(C)C)s2)nc1-c1ccccc1)C(C)C. The number of hydrogen-bond donors (Lipinski definition) is 8. The Hall–Kier alpha value is -5.64. The van der Waals surface area contributed by atoms with Crippen molar-refractivity contribution in [2.24, 2.45) is 11.8 Å². The van der Waals surface area contributed by atoms with E-state index in [-0.39, 0.29) is 49.6 Å². The summed E-state index contributed by atoms with van der Waals surface area (Å²) in [5.74, 6) is -3.41. The fraction of sp³-hybridized carbons (Fsp3) is 0.489. The molecule has 2 fully saturated rings. The number of aromatic nitrogens is 2. The second kappa shape index (κ2) is 22.4. The van der Waals surface area contributed by atoms with Crippen LogP contribution in [-0.2, 0) is 28.8 Å². The van der Waals surface area contributed by atoms with Gasteiger partial charge < -0.3 is 51.9 Å². The van der Waals surface area contributed by atoms with Gasteiger partial charge in [-0.3, -0.25) is 28.8 Å². The molecular weight excluding hydrogens is 897 g/mol. The number of carbonyl (C=O) groups excluding carboxylic acids is 6. The van der Waals surface area contributed by atoms with E-state index in [4.69, 9.17) is 9.97 Å². The van der Waals surface area contributed by atoms with E-state index in [0.717, 1.165) is 22.7 Å². The summed E-state index contributed by atoms with van der Waals surface area (Å²) in [6.07, 6.45) is -1.99. The number of likely N-dealkylation sites (tertiary alicyclic amines) is 2. The minimum Gasteiger partial charge on any atom is -0.391 e. The maximum absolute atomic E-state index is 14.3. The van der Waals surface area contributed by atoms with Crippen LogP contribution in [-0.4, -0.2) is 141 Å². The number of amides is 6. The van der Waals surface area contributed by atoms with Gasteiger partial charge in [-0.1, -0.05) is 118 Å². The third-order valence-electron chi connectivity index (χ3n) is 11.9. The molecule has 18 nitrogen and oxygen atoms in total. The highest BCUT2D eigenvalue weighted by Gasteiger charge is 2.44. The molecule has 6 amide bonds. The Labute approximate surface area is 398 Å². The molecule has 67 heavy (non-hydrogen) atoms. The van der Waals surface area contributed by atoms with E-state index in [1.54, 1.807) is 48.6 Å². The van der Waals surface area contributed by atoms with Gasteiger partial charge in [-0.15, -0.1) is 0 Å². The Balaban J connectivity index is 1.30. The number of aliphatic hydroxyl groups excluding tert-OH is 2. The summed E-state index contributed by atoms with van der Waals surface area (Å²) in [6, 6.07) is 13.3. The standard InChI is InChI=1S/C47H62N10O8S2/c1-9-49-27(7)39(61)51-35(25(4)5)47(65)57-23-31(59)21-33(57)41(63)55-43-37(29-18-14-11-15-19-29)53-45(67-43)44-52-36(28-16-12-10-13-17-28)42(66-44)54-40(62)32-20-30(58)22-56(32)46(64)34(24(2)3)50-38(60)26(6)48-8/h10-19,24-27,30-35,48-49,58-59H,9,20-23H2,1-8H3,(H,50,60)(H,51,61)(H,54,62)(H,55,63)/t26-,27-,30-,31-,32-,33-,34-,35-/m0/s1. The summed E-state index contributed by atoms with van der Waals surface area (Å²) in [6.45, 7) is 12.8. The maximum Gasteiger partial charge on any atom is 0.247 e. The van der Waals surface area contributed by atoms with Crippen LogP contribution in [0.2, 0.25) is 0 Å². The molecule has 0 aliphatic carbocycles. The van der Waals surface area contributed by atoms with Crippen LogP contribution in [0.15, 0.2) is 60.7 Å². The van der Waals surface area contributed by atoms with Gasteiger partial charge in [-0.05, 0) is 39.3 Å². The van der Waals surface area contributed by atoms with Crippen LogP contribution < -0.4 is 31.9 Å². The number of hydrogen-bond acceptors (Lipinski definition) is 14. The van der Waals surface area contributed by atoms with Crippen molar-refractivity contribution in [3.8, 4) is 32.5 Å². The number of likely N-dealkylation sites (N-methyl/N-ethyl adjacent to an activating group) is 2. The Morgan fingerprint density at radius 3 is 1.39 bits per heavy atom. The number of aliphatic hydroxyl groups is 2. The zero-order valence-corrected chi connectivity index (χ0v) is 40.7. The van der Waals surface area contributed by atoms with Crippen LogP contribution in [0.4, 0.5) is 10.0 Å². The molecule has 8 N–H and O–H groups in total. The summed E-state index contributed by atoms with van der Waals surface area (Å²) < 4.78 is 0. The van der Waals surface area contributed by atoms with Gasteiger partial charge in [0, 0.05) is 37.1 Å². The summed E-state index contributed by atoms with van der Waals surface area (Å²) in [5.41, 5.74) is 2.24. The molecule has 20 heteroatoms. The van der Waals surface area contributed by atoms with Gasteiger partial charge in [0.2, 0.25) is 35.4 Å². The number of nitrogens with zero attached hydrogens (tertiary/aromatic N) is 4. The molecule has 8 atom stereocenters. The molecule has 0 bridgehead atoms. The van der Waals surface area contributed by atoms with Crippen molar-refractivity contribution >= 4 is 68.1 Å². The number of nitrogens with one attached hydrogen (secondary N) is 6. The number of carbonyl (C=O) groups is 6. The minimum atomic E-state index is -1.06. The van der Waals surface area contributed by atoms with Crippen molar-refractivity contribution in [3.63, 3.8) is 0 Å². The van der Waals surface area contributed by atoms with E-state index < -0.39 is 72.1 Å². The molecule has 2 aliphatic heterocycles. The Kier molecular flexibility index (Phi) is 17.0. The first-order valence-electron chi connectivity index (χ1n) is 22.6. The zero-order chi connectivity index (χ0) is 48.7. The molecule has 4 heterocycles. The van der Waals surface area contributed by atoms with Crippen molar-refractivity contribution in [3.05, 3.63) is 60.7 Å². The zero-order valence-electron chi connectivity index (χ0n) is 39.0. The van der Waals surface area contributed by atoms with Gasteiger partial charge in [0.05, 0.1) is 24.3 Å². The van der Waals surface area contributed by atoms with Gasteiger partial charge in [0.25, 0.3) is 0 Å². The Bertz CT molecular complexity index is 2400. The highest BCUT2D eigenvalue weighted by atomic mass is 32.1. The lowest BCUT2D eigenvalue weighted by Crippen LogP contribution is -2.57. The molecule has 0 radical (unpaired) electrons. The van der Waals surface area contributed by atoms with Crippen molar-refractivity contribution in [2.45, 2.75) is 110 Å². The third-order valence-corrected chi connectivity index (χ3v) is 14.0. The predicted molar refractivity (Wildman–Crippen MR) is 259 cm³/mol. The van der Waals surface area contributed by atoms with Crippen LogP contribution >= 0.6 is 22.7 Å². The number of thiazole rings is 2. The van der Waals surface area contributed by atoms with Crippen LogP contribution in [0.5, 0.6) is 0 Å². The second-order valence-corrected chi connectivity index (χ2v) is 19.6. The number of anilines is 2. The van der Waals surface area contributed by atoms with Gasteiger partial charge in [0.1, 0.15) is 45.6 Å². The molecule has 360 valence electrons. The van der Waals surface area contributed by atoms with E-state index in [2.05, 4.69) is 31.9 Å². The lowest BCUT2D eigenvalue weighted by Gasteiger charge is -2.31. The highest BCUT2D eigenvalue weighted by molar-refractivity contribution is 7.25. The summed E-state index contributed by atoms with van der Waals surface area (Å²) in [7, 11) is 1.64. The van der Waals surface area contributed by atoms with E-state index in [0.29, 0.717) is 49.1 Å². The molecule has 4 aromatic rings. The molecule has 6 rings (SSSR count). The molecule has 0 spiro atoms. The predicted octanol–water partition coefficient (Wildman–Crippen LogP) is 3.29. The lowest BCUT2D eigenvalue weighted by atomic mass is 10.0. The first-order valence-corrected chi connectivity index (χ1v) is 24.3. The molecule has 0 saturated carbocycles. The highest BCUT2D eigenvalue weighted by Crippen LogP contribution is 2.44. The van der Waals surface area contributed by atoms with E-state index in [1.165, 1.54) is 9.80 Å². The molecular formula is C47H62N10O8S2. The normalized spacial score (nSPS) is 20.1. The molecule has 2 saturated heterocycles. The first kappa shape index (κ1) is 50.8. The van der Waals surface area contributed by atoms with Gasteiger partial charge in [-0.2, -0.15) is 0 Å². The summed E-state index contributed by atoms with van der Waals surface area (Å²) >= 11 is 2.30.